The number of carboxylic acid groups (broad SMARTS) is 1. The smallest absolute Gasteiger partial charge is 0.337 e. The number of carbonyl (C=O) groups excluding carboxylic acids is 1. The monoisotopic (exact) mass is 473 g/mol. The Bertz CT molecular complexity index is 1390. The Hall–Kier alpha value is -4.30. The molecule has 4 rings (SSSR count). The number of halogens is 1. The highest BCUT2D eigenvalue weighted by Gasteiger charge is 2.22. The highest BCUT2D eigenvalue weighted by Crippen LogP contribution is 2.25. The number of rotatable bonds is 7. The predicted octanol–water partition coefficient (Wildman–Crippen LogP) is 4.97. The summed E-state index contributed by atoms with van der Waals surface area (Å²) in [6.45, 7) is 3.89. The van der Waals surface area contributed by atoms with E-state index in [4.69, 9.17) is 11.6 Å². The number of Topliss-reactive ketones (excluding diaryl/α,β-unsaturated/α-hetero) is 1. The number of ketones is 1. The van der Waals surface area contributed by atoms with Crippen LogP contribution in [0.1, 0.15) is 37.7 Å². The van der Waals surface area contributed by atoms with Crippen LogP contribution in [-0.2, 0) is 0 Å². The summed E-state index contributed by atoms with van der Waals surface area (Å²) in [5, 5.41) is 24.7. The first-order valence-corrected chi connectivity index (χ1v) is 10.7. The molecule has 0 saturated carbocycles. The molecular formula is C25H20ClN5O3. The lowest BCUT2D eigenvalue weighted by molar-refractivity contribution is 0.0698. The van der Waals surface area contributed by atoms with Crippen LogP contribution in [0.3, 0.4) is 0 Å². The average molecular weight is 474 g/mol. The van der Waals surface area contributed by atoms with Gasteiger partial charge in [-0.25, -0.2) is 4.79 Å². The molecule has 0 spiro atoms. The molecule has 0 radical (unpaired) electrons. The Labute approximate surface area is 200 Å². The summed E-state index contributed by atoms with van der Waals surface area (Å²) in [6.07, 6.45) is 1.40. The number of hydrogen-bond acceptors (Lipinski definition) is 6. The number of tetrazole rings is 1. The van der Waals surface area contributed by atoms with Gasteiger partial charge in [-0.1, -0.05) is 59.1 Å². The maximum absolute atomic E-state index is 13.5. The molecule has 0 saturated heterocycles. The summed E-state index contributed by atoms with van der Waals surface area (Å²) < 4.78 is 1.45. The fourth-order valence-electron chi connectivity index (χ4n) is 3.28. The average Bonchev–Trinajstić information content (AvgIpc) is 3.29. The molecule has 0 bridgehead atoms. The summed E-state index contributed by atoms with van der Waals surface area (Å²) in [7, 11) is 0. The molecule has 0 aliphatic rings. The van der Waals surface area contributed by atoms with Gasteiger partial charge in [0.2, 0.25) is 0 Å². The molecule has 0 atom stereocenters. The maximum atomic E-state index is 13.5. The van der Waals surface area contributed by atoms with Crippen LogP contribution >= 0.6 is 11.6 Å². The van der Waals surface area contributed by atoms with E-state index in [9.17, 15) is 14.7 Å². The van der Waals surface area contributed by atoms with Crippen LogP contribution in [-0.4, -0.2) is 37.1 Å². The molecule has 1 heterocycles. The van der Waals surface area contributed by atoms with Crippen molar-refractivity contribution in [1.82, 2.24) is 20.2 Å². The fraction of sp³-hybridized carbons (Fsp3) is 0.0800. The summed E-state index contributed by atoms with van der Waals surface area (Å²) in [4.78, 5) is 25.2. The lowest BCUT2D eigenvalue weighted by Crippen LogP contribution is -2.12. The van der Waals surface area contributed by atoms with Crippen LogP contribution in [0.5, 0.6) is 0 Å². The fourth-order valence-corrected chi connectivity index (χ4v) is 3.45. The quantitative estimate of drug-likeness (QED) is 0.288. The molecular weight excluding hydrogens is 454 g/mol. The Kier molecular flexibility index (Phi) is 6.51. The van der Waals surface area contributed by atoms with Crippen LogP contribution in [0, 0.1) is 13.8 Å². The van der Waals surface area contributed by atoms with Gasteiger partial charge in [-0.05, 0) is 54.6 Å². The Balaban J connectivity index is 1.83. The standard InChI is InChI=1S/C25H20ClN5O3/c1-15-3-7-17(8-4-15)23(32)21(14-27-22-13-18(26)9-12-20(22)25(33)34)24-28-29-30-31(24)19-10-5-16(2)6-11-19/h3-14,27H,1-2H3,(H,33,34). The van der Waals surface area contributed by atoms with E-state index >= 15 is 0 Å². The molecule has 4 aromatic rings. The lowest BCUT2D eigenvalue weighted by atomic mass is 10.0. The Morgan fingerprint density at radius 3 is 2.26 bits per heavy atom. The molecule has 0 fully saturated rings. The molecule has 2 N–H and O–H groups in total. The van der Waals surface area contributed by atoms with Crippen LogP contribution in [0.15, 0.2) is 72.9 Å². The summed E-state index contributed by atoms with van der Waals surface area (Å²) in [5.41, 5.74) is 3.54. The van der Waals surface area contributed by atoms with Gasteiger partial charge in [-0.15, -0.1) is 5.10 Å². The van der Waals surface area contributed by atoms with E-state index in [-0.39, 0.29) is 28.4 Å². The summed E-state index contributed by atoms with van der Waals surface area (Å²) in [6, 6.07) is 19.0. The summed E-state index contributed by atoms with van der Waals surface area (Å²) in [5.74, 6) is -1.28. The van der Waals surface area contributed by atoms with Gasteiger partial charge in [0, 0.05) is 16.8 Å². The van der Waals surface area contributed by atoms with Crippen LogP contribution < -0.4 is 5.32 Å². The van der Waals surface area contributed by atoms with E-state index in [1.807, 2.05) is 50.2 Å². The van der Waals surface area contributed by atoms with Crippen LogP contribution in [0.4, 0.5) is 5.69 Å². The van der Waals surface area contributed by atoms with Gasteiger partial charge in [0.15, 0.2) is 11.6 Å². The number of nitrogens with zero attached hydrogens (tertiary/aromatic N) is 4. The number of benzene rings is 3. The topological polar surface area (TPSA) is 110 Å². The molecule has 0 aliphatic carbocycles. The highest BCUT2D eigenvalue weighted by molar-refractivity contribution is 6.31. The lowest BCUT2D eigenvalue weighted by Gasteiger charge is -2.11. The first-order valence-electron chi connectivity index (χ1n) is 10.3. The maximum Gasteiger partial charge on any atom is 0.337 e. The van der Waals surface area contributed by atoms with Crippen molar-refractivity contribution in [2.24, 2.45) is 0 Å². The second kappa shape index (κ2) is 9.68. The molecule has 34 heavy (non-hydrogen) atoms. The zero-order valence-corrected chi connectivity index (χ0v) is 19.1. The number of anilines is 1. The summed E-state index contributed by atoms with van der Waals surface area (Å²) >= 11 is 6.07. The molecule has 9 heteroatoms. The number of hydrogen-bond donors (Lipinski definition) is 2. The van der Waals surface area contributed by atoms with Crippen molar-refractivity contribution < 1.29 is 14.7 Å². The number of nitrogens with one attached hydrogen (secondary N) is 1. The molecule has 8 nitrogen and oxygen atoms in total. The number of carboxylic acids is 1. The van der Waals surface area contributed by atoms with E-state index < -0.39 is 5.97 Å². The first kappa shape index (κ1) is 22.9. The zero-order chi connectivity index (χ0) is 24.2. The predicted molar refractivity (Wildman–Crippen MR) is 129 cm³/mol. The number of aromatic nitrogens is 4. The van der Waals surface area contributed by atoms with E-state index in [0.29, 0.717) is 16.3 Å². The Morgan fingerprint density at radius 1 is 0.971 bits per heavy atom. The van der Waals surface area contributed by atoms with Crippen molar-refractivity contribution >= 4 is 34.6 Å². The second-order valence-electron chi connectivity index (χ2n) is 7.64. The third kappa shape index (κ3) is 4.87. The van der Waals surface area contributed by atoms with Gasteiger partial charge < -0.3 is 10.4 Å². The van der Waals surface area contributed by atoms with Gasteiger partial charge in [-0.3, -0.25) is 4.79 Å². The van der Waals surface area contributed by atoms with Crippen molar-refractivity contribution in [3.05, 3.63) is 106 Å². The number of allylic oxidation sites excluding steroid dienone is 1. The molecule has 3 aromatic carbocycles. The van der Waals surface area contributed by atoms with E-state index in [1.54, 1.807) is 12.1 Å². The third-order valence-electron chi connectivity index (χ3n) is 5.13. The van der Waals surface area contributed by atoms with Gasteiger partial charge in [0.05, 0.1) is 22.5 Å². The van der Waals surface area contributed by atoms with Gasteiger partial charge in [0.25, 0.3) is 0 Å². The SMILES string of the molecule is Cc1ccc(C(=O)C(=CNc2cc(Cl)ccc2C(=O)O)c2nnnn2-c2ccc(C)cc2)cc1. The Morgan fingerprint density at radius 2 is 1.62 bits per heavy atom. The van der Waals surface area contributed by atoms with Crippen LogP contribution in [0.2, 0.25) is 5.02 Å². The van der Waals surface area contributed by atoms with Gasteiger partial charge in [-0.2, -0.15) is 4.68 Å². The minimum absolute atomic E-state index is 0.000844. The highest BCUT2D eigenvalue weighted by atomic mass is 35.5. The van der Waals surface area contributed by atoms with E-state index in [1.165, 1.54) is 29.1 Å². The van der Waals surface area contributed by atoms with Crippen molar-refractivity contribution in [1.29, 1.82) is 0 Å². The van der Waals surface area contributed by atoms with E-state index in [2.05, 4.69) is 20.8 Å². The minimum Gasteiger partial charge on any atom is -0.478 e. The number of aromatic carboxylic acids is 1. The van der Waals surface area contributed by atoms with Crippen molar-refractivity contribution in [2.45, 2.75) is 13.8 Å². The first-order chi connectivity index (χ1) is 16.3. The zero-order valence-electron chi connectivity index (χ0n) is 18.4. The molecule has 0 amide bonds. The molecule has 0 aliphatic heterocycles. The van der Waals surface area contributed by atoms with Gasteiger partial charge in [0.1, 0.15) is 0 Å². The van der Waals surface area contributed by atoms with Crippen molar-refractivity contribution in [3.63, 3.8) is 0 Å². The van der Waals surface area contributed by atoms with Gasteiger partial charge >= 0.3 is 5.97 Å². The van der Waals surface area contributed by atoms with Crippen molar-refractivity contribution in [2.75, 3.05) is 5.32 Å². The minimum atomic E-state index is -1.14. The third-order valence-corrected chi connectivity index (χ3v) is 5.37. The number of carbonyl (C=O) groups is 2. The molecule has 1 aromatic heterocycles. The number of aryl methyl sites for hydroxylation is 2. The molecule has 0 unspecified atom stereocenters. The second-order valence-corrected chi connectivity index (χ2v) is 8.08. The van der Waals surface area contributed by atoms with Crippen molar-refractivity contribution in [3.8, 4) is 5.69 Å². The largest absolute Gasteiger partial charge is 0.478 e. The molecule has 170 valence electrons. The van der Waals surface area contributed by atoms with E-state index in [0.717, 1.165) is 11.1 Å². The van der Waals surface area contributed by atoms with Crippen LogP contribution in [0.25, 0.3) is 11.3 Å². The normalized spacial score (nSPS) is 11.3.